The second-order valence-corrected chi connectivity index (χ2v) is 6.30. The van der Waals surface area contributed by atoms with E-state index in [0.29, 0.717) is 6.54 Å². The van der Waals surface area contributed by atoms with E-state index in [-0.39, 0.29) is 18.0 Å². The van der Waals surface area contributed by atoms with Crippen LogP contribution in [0.4, 0.5) is 4.79 Å². The zero-order valence-corrected chi connectivity index (χ0v) is 13.6. The number of rotatable bonds is 7. The van der Waals surface area contributed by atoms with Gasteiger partial charge in [0.15, 0.2) is 0 Å². The first-order valence-electron chi connectivity index (χ1n) is 8.27. The zero-order chi connectivity index (χ0) is 15.8. The Hall–Kier alpha value is -1.26. The second kappa shape index (κ2) is 8.90. The van der Waals surface area contributed by atoms with Gasteiger partial charge in [0.1, 0.15) is 6.04 Å². The topological polar surface area (TPSA) is 69.6 Å². The molecule has 0 spiro atoms. The Bertz CT molecular complexity index is 346. The van der Waals surface area contributed by atoms with Gasteiger partial charge in [-0.25, -0.2) is 9.59 Å². The number of amides is 2. The van der Waals surface area contributed by atoms with Crippen LogP contribution in [0.25, 0.3) is 0 Å². The van der Waals surface area contributed by atoms with Gasteiger partial charge in [-0.3, -0.25) is 0 Å². The molecule has 0 aromatic heterocycles. The lowest BCUT2D eigenvalue weighted by atomic mass is 9.91. The fraction of sp³-hybridized carbons (Fsp3) is 0.875. The van der Waals surface area contributed by atoms with Crippen LogP contribution in [0.3, 0.4) is 0 Å². The van der Waals surface area contributed by atoms with Gasteiger partial charge in [-0.15, -0.1) is 0 Å². The average Bonchev–Trinajstić information content (AvgIpc) is 2.42. The van der Waals surface area contributed by atoms with Crippen LogP contribution in [-0.4, -0.2) is 40.6 Å². The predicted octanol–water partition coefficient (Wildman–Crippen LogP) is 3.24. The number of nitrogens with zero attached hydrogens (tertiary/aromatic N) is 1. The minimum atomic E-state index is -0.895. The van der Waals surface area contributed by atoms with Crippen LogP contribution in [0.5, 0.6) is 0 Å². The maximum Gasteiger partial charge on any atom is 0.326 e. The van der Waals surface area contributed by atoms with Crippen molar-refractivity contribution in [2.45, 2.75) is 77.8 Å². The summed E-state index contributed by atoms with van der Waals surface area (Å²) in [4.78, 5) is 25.2. The molecule has 3 unspecified atom stereocenters. The minimum absolute atomic E-state index is 0.0156. The van der Waals surface area contributed by atoms with Gasteiger partial charge >= 0.3 is 12.0 Å². The van der Waals surface area contributed by atoms with Crippen molar-refractivity contribution in [3.05, 3.63) is 0 Å². The summed E-state index contributed by atoms with van der Waals surface area (Å²) in [6, 6.07) is -0.816. The van der Waals surface area contributed by atoms with Crippen molar-refractivity contribution in [2.75, 3.05) is 6.54 Å². The van der Waals surface area contributed by atoms with Crippen LogP contribution in [0, 0.1) is 5.92 Å². The molecule has 1 heterocycles. The lowest BCUT2D eigenvalue weighted by molar-refractivity contribution is -0.145. The molecular formula is C16H30N2O3. The van der Waals surface area contributed by atoms with Crippen molar-refractivity contribution < 1.29 is 14.7 Å². The van der Waals surface area contributed by atoms with E-state index in [1.165, 1.54) is 24.2 Å². The molecule has 0 bridgehead atoms. The van der Waals surface area contributed by atoms with Gasteiger partial charge in [0, 0.05) is 12.6 Å². The first-order chi connectivity index (χ1) is 9.97. The normalized spacial score (nSPS) is 23.7. The fourth-order valence-corrected chi connectivity index (χ4v) is 3.04. The van der Waals surface area contributed by atoms with Crippen LogP contribution >= 0.6 is 0 Å². The summed E-state index contributed by atoms with van der Waals surface area (Å²) in [6.07, 6.45) is 7.42. The summed E-state index contributed by atoms with van der Waals surface area (Å²) in [5.74, 6) is -0.880. The zero-order valence-electron chi connectivity index (χ0n) is 13.6. The summed E-state index contributed by atoms with van der Waals surface area (Å²) in [5.41, 5.74) is 0. The Morgan fingerprint density at radius 2 is 2.05 bits per heavy atom. The van der Waals surface area contributed by atoms with Gasteiger partial charge in [0.2, 0.25) is 0 Å². The number of unbranched alkanes of at least 4 members (excludes halogenated alkanes) is 3. The number of carbonyl (C=O) groups excluding carboxylic acids is 1. The summed E-state index contributed by atoms with van der Waals surface area (Å²) >= 11 is 0. The Morgan fingerprint density at radius 3 is 2.67 bits per heavy atom. The van der Waals surface area contributed by atoms with Crippen molar-refractivity contribution in [1.29, 1.82) is 0 Å². The van der Waals surface area contributed by atoms with Crippen LogP contribution in [0.15, 0.2) is 0 Å². The summed E-state index contributed by atoms with van der Waals surface area (Å²) in [6.45, 7) is 6.61. The molecule has 1 aliphatic heterocycles. The first kappa shape index (κ1) is 17.8. The van der Waals surface area contributed by atoms with Gasteiger partial charge in [-0.2, -0.15) is 0 Å². The lowest BCUT2D eigenvalue weighted by Crippen LogP contribution is -2.56. The highest BCUT2D eigenvalue weighted by Gasteiger charge is 2.37. The SMILES string of the molecule is CCCCCCC(C)NC(=O)N1CCCC(C)C1C(=O)O. The Labute approximate surface area is 128 Å². The number of hydrogen-bond donors (Lipinski definition) is 2. The molecule has 1 saturated heterocycles. The quantitative estimate of drug-likeness (QED) is 0.709. The Morgan fingerprint density at radius 1 is 1.33 bits per heavy atom. The maximum absolute atomic E-state index is 12.3. The van der Waals surface area contributed by atoms with Gasteiger partial charge < -0.3 is 15.3 Å². The average molecular weight is 298 g/mol. The van der Waals surface area contributed by atoms with Crippen molar-refractivity contribution >= 4 is 12.0 Å². The molecule has 0 radical (unpaired) electrons. The third kappa shape index (κ3) is 5.56. The highest BCUT2D eigenvalue weighted by Crippen LogP contribution is 2.23. The maximum atomic E-state index is 12.3. The molecule has 1 rings (SSSR count). The first-order valence-corrected chi connectivity index (χ1v) is 8.27. The van der Waals surface area contributed by atoms with Crippen molar-refractivity contribution in [3.8, 4) is 0 Å². The molecule has 3 atom stereocenters. The highest BCUT2D eigenvalue weighted by molar-refractivity contribution is 5.83. The van der Waals surface area contributed by atoms with Gasteiger partial charge in [-0.1, -0.05) is 39.5 Å². The largest absolute Gasteiger partial charge is 0.480 e. The molecule has 0 aromatic carbocycles. The molecule has 1 fully saturated rings. The van der Waals surface area contributed by atoms with E-state index in [1.807, 2.05) is 13.8 Å². The van der Waals surface area contributed by atoms with E-state index in [2.05, 4.69) is 12.2 Å². The molecule has 5 nitrogen and oxygen atoms in total. The second-order valence-electron chi connectivity index (χ2n) is 6.30. The molecule has 1 aliphatic rings. The van der Waals surface area contributed by atoms with Crippen LogP contribution in [0.1, 0.15) is 65.7 Å². The van der Waals surface area contributed by atoms with E-state index < -0.39 is 12.0 Å². The highest BCUT2D eigenvalue weighted by atomic mass is 16.4. The lowest BCUT2D eigenvalue weighted by Gasteiger charge is -2.37. The number of urea groups is 1. The summed E-state index contributed by atoms with van der Waals surface area (Å²) in [5, 5.41) is 12.3. The monoisotopic (exact) mass is 298 g/mol. The van der Waals surface area contributed by atoms with Gasteiger partial charge in [0.05, 0.1) is 0 Å². The van der Waals surface area contributed by atoms with Gasteiger partial charge in [0.25, 0.3) is 0 Å². The Balaban J connectivity index is 2.46. The summed E-state index contributed by atoms with van der Waals surface area (Å²) in [7, 11) is 0. The van der Waals surface area contributed by atoms with E-state index in [9.17, 15) is 14.7 Å². The van der Waals surface area contributed by atoms with Crippen molar-refractivity contribution in [2.24, 2.45) is 5.92 Å². The van der Waals surface area contributed by atoms with Crippen LogP contribution < -0.4 is 5.32 Å². The van der Waals surface area contributed by atoms with Gasteiger partial charge in [-0.05, 0) is 32.1 Å². The van der Waals surface area contributed by atoms with E-state index in [4.69, 9.17) is 0 Å². The molecule has 122 valence electrons. The van der Waals surface area contributed by atoms with Crippen molar-refractivity contribution in [3.63, 3.8) is 0 Å². The molecule has 5 heteroatoms. The summed E-state index contributed by atoms with van der Waals surface area (Å²) < 4.78 is 0. The Kier molecular flexibility index (Phi) is 7.54. The number of nitrogens with one attached hydrogen (secondary N) is 1. The molecule has 0 aromatic rings. The number of aliphatic carboxylic acids is 1. The number of carboxylic acids is 1. The van der Waals surface area contributed by atoms with Crippen LogP contribution in [-0.2, 0) is 4.79 Å². The molecule has 21 heavy (non-hydrogen) atoms. The molecule has 2 amide bonds. The van der Waals surface area contributed by atoms with Crippen molar-refractivity contribution in [1.82, 2.24) is 10.2 Å². The standard InChI is InChI=1S/C16H30N2O3/c1-4-5-6-7-10-13(3)17-16(21)18-11-8-9-12(2)14(18)15(19)20/h12-14H,4-11H2,1-3H3,(H,17,21)(H,19,20). The number of carbonyl (C=O) groups is 2. The number of piperidine rings is 1. The smallest absolute Gasteiger partial charge is 0.326 e. The third-order valence-corrected chi connectivity index (χ3v) is 4.31. The molecule has 2 N–H and O–H groups in total. The number of carboxylic acid groups (broad SMARTS) is 1. The fourth-order valence-electron chi connectivity index (χ4n) is 3.04. The van der Waals surface area contributed by atoms with E-state index in [0.717, 1.165) is 25.7 Å². The number of likely N-dealkylation sites (tertiary alicyclic amines) is 1. The third-order valence-electron chi connectivity index (χ3n) is 4.31. The molecule has 0 saturated carbocycles. The number of hydrogen-bond acceptors (Lipinski definition) is 2. The minimum Gasteiger partial charge on any atom is -0.480 e. The van der Waals surface area contributed by atoms with E-state index in [1.54, 1.807) is 0 Å². The predicted molar refractivity (Wildman–Crippen MR) is 83.3 cm³/mol. The molecular weight excluding hydrogens is 268 g/mol. The molecule has 0 aliphatic carbocycles. The van der Waals surface area contributed by atoms with E-state index >= 15 is 0 Å². The van der Waals surface area contributed by atoms with Crippen LogP contribution in [0.2, 0.25) is 0 Å².